The number of nitrogens with two attached hydrogens (primary N) is 1. The molecule has 1 heterocycles. The van der Waals surface area contributed by atoms with Crippen molar-refractivity contribution >= 4 is 17.1 Å². The third kappa shape index (κ3) is 2.43. The van der Waals surface area contributed by atoms with Crippen LogP contribution in [0.5, 0.6) is 11.5 Å². The highest BCUT2D eigenvalue weighted by Gasteiger charge is 2.17. The SMILES string of the molecule is CN(c1cccc(C#N)c1)c1cc2c(cc1N)OCCO2. The van der Waals surface area contributed by atoms with E-state index >= 15 is 0 Å². The first kappa shape index (κ1) is 13.1. The van der Waals surface area contributed by atoms with Gasteiger partial charge in [0.2, 0.25) is 0 Å². The zero-order valence-electron chi connectivity index (χ0n) is 11.7. The average molecular weight is 281 g/mol. The Morgan fingerprint density at radius 2 is 1.86 bits per heavy atom. The molecule has 3 rings (SSSR count). The normalized spacial score (nSPS) is 12.6. The number of rotatable bonds is 2. The Morgan fingerprint density at radius 1 is 1.14 bits per heavy atom. The lowest BCUT2D eigenvalue weighted by Gasteiger charge is -2.25. The fourth-order valence-electron chi connectivity index (χ4n) is 2.31. The van der Waals surface area contributed by atoms with Crippen molar-refractivity contribution in [3.63, 3.8) is 0 Å². The van der Waals surface area contributed by atoms with Crippen LogP contribution in [-0.4, -0.2) is 20.3 Å². The molecule has 1 aliphatic rings. The van der Waals surface area contributed by atoms with Gasteiger partial charge >= 0.3 is 0 Å². The number of benzene rings is 2. The highest BCUT2D eigenvalue weighted by molar-refractivity contribution is 5.78. The second-order valence-electron chi connectivity index (χ2n) is 4.78. The van der Waals surface area contributed by atoms with E-state index in [0.717, 1.165) is 11.4 Å². The quantitative estimate of drug-likeness (QED) is 0.857. The van der Waals surface area contributed by atoms with Gasteiger partial charge in [-0.1, -0.05) is 6.07 Å². The molecule has 0 radical (unpaired) electrons. The van der Waals surface area contributed by atoms with E-state index in [4.69, 9.17) is 20.5 Å². The Hall–Kier alpha value is -2.87. The summed E-state index contributed by atoms with van der Waals surface area (Å²) in [4.78, 5) is 1.93. The van der Waals surface area contributed by atoms with Crippen LogP contribution in [0.1, 0.15) is 5.56 Å². The smallest absolute Gasteiger partial charge is 0.163 e. The highest BCUT2D eigenvalue weighted by atomic mass is 16.6. The van der Waals surface area contributed by atoms with Gasteiger partial charge in [-0.3, -0.25) is 0 Å². The van der Waals surface area contributed by atoms with Gasteiger partial charge in [-0.05, 0) is 18.2 Å². The number of hydrogen-bond acceptors (Lipinski definition) is 5. The molecule has 0 aromatic heterocycles. The average Bonchev–Trinajstić information content (AvgIpc) is 2.53. The first-order chi connectivity index (χ1) is 10.2. The first-order valence-corrected chi connectivity index (χ1v) is 6.62. The van der Waals surface area contributed by atoms with Crippen LogP contribution >= 0.6 is 0 Å². The zero-order chi connectivity index (χ0) is 14.8. The maximum atomic E-state index is 9.00. The molecule has 0 saturated carbocycles. The van der Waals surface area contributed by atoms with Crippen molar-refractivity contribution < 1.29 is 9.47 Å². The number of hydrogen-bond donors (Lipinski definition) is 1. The van der Waals surface area contributed by atoms with E-state index < -0.39 is 0 Å². The summed E-state index contributed by atoms with van der Waals surface area (Å²) in [5.74, 6) is 1.36. The van der Waals surface area contributed by atoms with Crippen LogP contribution < -0.4 is 20.1 Å². The largest absolute Gasteiger partial charge is 0.486 e. The topological polar surface area (TPSA) is 71.5 Å². The molecule has 0 bridgehead atoms. The minimum Gasteiger partial charge on any atom is -0.486 e. The fourth-order valence-corrected chi connectivity index (χ4v) is 2.31. The molecule has 0 fully saturated rings. The molecule has 0 atom stereocenters. The Labute approximate surface area is 123 Å². The van der Waals surface area contributed by atoms with E-state index in [1.807, 2.05) is 36.2 Å². The van der Waals surface area contributed by atoms with Crippen molar-refractivity contribution in [2.45, 2.75) is 0 Å². The third-order valence-electron chi connectivity index (χ3n) is 3.42. The summed E-state index contributed by atoms with van der Waals surface area (Å²) < 4.78 is 11.1. The predicted octanol–water partition coefficient (Wildman–Crippen LogP) is 2.68. The summed E-state index contributed by atoms with van der Waals surface area (Å²) in [6.07, 6.45) is 0. The van der Waals surface area contributed by atoms with Crippen molar-refractivity contribution in [3.8, 4) is 17.6 Å². The predicted molar refractivity (Wildman–Crippen MR) is 81.1 cm³/mol. The van der Waals surface area contributed by atoms with Crippen molar-refractivity contribution in [2.24, 2.45) is 0 Å². The minimum absolute atomic E-state index is 0.532. The third-order valence-corrected chi connectivity index (χ3v) is 3.42. The van der Waals surface area contributed by atoms with E-state index in [-0.39, 0.29) is 0 Å². The Bertz CT molecular complexity index is 722. The van der Waals surface area contributed by atoms with Gasteiger partial charge in [-0.15, -0.1) is 0 Å². The van der Waals surface area contributed by atoms with E-state index in [1.54, 1.807) is 12.1 Å². The van der Waals surface area contributed by atoms with Gasteiger partial charge in [0.25, 0.3) is 0 Å². The summed E-state index contributed by atoms with van der Waals surface area (Å²) in [5.41, 5.74) is 9.02. The summed E-state index contributed by atoms with van der Waals surface area (Å²) >= 11 is 0. The van der Waals surface area contributed by atoms with E-state index in [9.17, 15) is 0 Å². The van der Waals surface area contributed by atoms with Gasteiger partial charge in [0, 0.05) is 24.9 Å². The van der Waals surface area contributed by atoms with Crippen molar-refractivity contribution in [2.75, 3.05) is 30.9 Å². The molecule has 2 aromatic rings. The number of anilines is 3. The van der Waals surface area contributed by atoms with Crippen molar-refractivity contribution in [1.29, 1.82) is 5.26 Å². The standard InChI is InChI=1S/C16H15N3O2/c1-19(12-4-2-3-11(7-12)10-17)14-9-16-15(8-13(14)18)20-5-6-21-16/h2-4,7-9H,5-6,18H2,1H3. The van der Waals surface area contributed by atoms with Crippen LogP contribution in [0.15, 0.2) is 36.4 Å². The van der Waals surface area contributed by atoms with Crippen LogP contribution in [0.25, 0.3) is 0 Å². The lowest BCUT2D eigenvalue weighted by atomic mass is 10.1. The molecule has 1 aliphatic heterocycles. The van der Waals surface area contributed by atoms with Gasteiger partial charge in [-0.2, -0.15) is 5.26 Å². The van der Waals surface area contributed by atoms with E-state index in [0.29, 0.717) is 36.0 Å². The molecular weight excluding hydrogens is 266 g/mol. The molecule has 0 saturated heterocycles. The molecule has 0 unspecified atom stereocenters. The van der Waals surface area contributed by atoms with E-state index in [1.165, 1.54) is 0 Å². The van der Waals surface area contributed by atoms with Gasteiger partial charge in [0.1, 0.15) is 13.2 Å². The number of ether oxygens (including phenoxy) is 2. The van der Waals surface area contributed by atoms with Crippen molar-refractivity contribution in [3.05, 3.63) is 42.0 Å². The minimum atomic E-state index is 0.532. The second kappa shape index (κ2) is 5.25. The highest BCUT2D eigenvalue weighted by Crippen LogP contribution is 2.40. The monoisotopic (exact) mass is 281 g/mol. The molecule has 0 spiro atoms. The lowest BCUT2D eigenvalue weighted by molar-refractivity contribution is 0.172. The number of nitrogens with zero attached hydrogens (tertiary/aromatic N) is 2. The molecule has 2 N–H and O–H groups in total. The Morgan fingerprint density at radius 3 is 2.57 bits per heavy atom. The molecule has 21 heavy (non-hydrogen) atoms. The number of nitrogen functional groups attached to an aromatic ring is 1. The molecule has 0 amide bonds. The molecule has 5 nitrogen and oxygen atoms in total. The number of fused-ring (bicyclic) bond motifs is 1. The Kier molecular flexibility index (Phi) is 3.28. The van der Waals surface area contributed by atoms with Crippen LogP contribution in [-0.2, 0) is 0 Å². The fraction of sp³-hybridized carbons (Fsp3) is 0.188. The van der Waals surface area contributed by atoms with Crippen LogP contribution in [0, 0.1) is 11.3 Å². The maximum Gasteiger partial charge on any atom is 0.163 e. The summed E-state index contributed by atoms with van der Waals surface area (Å²) in [6, 6.07) is 13.1. The van der Waals surface area contributed by atoms with Gasteiger partial charge in [0.15, 0.2) is 11.5 Å². The van der Waals surface area contributed by atoms with Crippen LogP contribution in [0.4, 0.5) is 17.1 Å². The summed E-state index contributed by atoms with van der Waals surface area (Å²) in [5, 5.41) is 9.00. The molecule has 106 valence electrons. The van der Waals surface area contributed by atoms with Crippen LogP contribution in [0.3, 0.4) is 0 Å². The van der Waals surface area contributed by atoms with Gasteiger partial charge in [0.05, 0.1) is 23.0 Å². The molecule has 2 aromatic carbocycles. The zero-order valence-corrected chi connectivity index (χ0v) is 11.7. The Balaban J connectivity index is 2.01. The number of nitriles is 1. The van der Waals surface area contributed by atoms with Crippen LogP contribution in [0.2, 0.25) is 0 Å². The van der Waals surface area contributed by atoms with Gasteiger partial charge in [-0.25, -0.2) is 0 Å². The van der Waals surface area contributed by atoms with Gasteiger partial charge < -0.3 is 20.1 Å². The molecule has 0 aliphatic carbocycles. The summed E-state index contributed by atoms with van der Waals surface area (Å²) in [7, 11) is 1.90. The maximum absolute atomic E-state index is 9.00. The molecule has 5 heteroatoms. The van der Waals surface area contributed by atoms with E-state index in [2.05, 4.69) is 6.07 Å². The first-order valence-electron chi connectivity index (χ1n) is 6.62. The lowest BCUT2D eigenvalue weighted by Crippen LogP contribution is -2.17. The summed E-state index contributed by atoms with van der Waals surface area (Å²) in [6.45, 7) is 1.07. The van der Waals surface area contributed by atoms with Crippen molar-refractivity contribution in [1.82, 2.24) is 0 Å². The second-order valence-corrected chi connectivity index (χ2v) is 4.78. The molecular formula is C16H15N3O2.